The Morgan fingerprint density at radius 3 is 2.60 bits per heavy atom. The van der Waals surface area contributed by atoms with Gasteiger partial charge in [0.1, 0.15) is 0 Å². The molecule has 0 aromatic heterocycles. The van der Waals surface area contributed by atoms with Gasteiger partial charge in [-0.15, -0.1) is 0 Å². The highest BCUT2D eigenvalue weighted by atomic mass is 35.5. The summed E-state index contributed by atoms with van der Waals surface area (Å²) in [7, 11) is -2.20. The number of sulfonamides is 1. The predicted octanol–water partition coefficient (Wildman–Crippen LogP) is 2.22. The quantitative estimate of drug-likeness (QED) is 0.754. The van der Waals surface area contributed by atoms with Gasteiger partial charge in [0.15, 0.2) is 0 Å². The summed E-state index contributed by atoms with van der Waals surface area (Å²) in [4.78, 5) is 11.4. The molecule has 0 heterocycles. The molecule has 0 N–H and O–H groups in total. The summed E-state index contributed by atoms with van der Waals surface area (Å²) in [5.74, 6) is -0.414. The first-order chi connectivity index (χ1) is 9.28. The Morgan fingerprint density at radius 1 is 1.40 bits per heavy atom. The van der Waals surface area contributed by atoms with Crippen LogP contribution in [0.3, 0.4) is 0 Å². The van der Waals surface area contributed by atoms with E-state index in [1.54, 1.807) is 19.9 Å². The number of benzene rings is 1. The van der Waals surface area contributed by atoms with E-state index in [2.05, 4.69) is 0 Å². The van der Waals surface area contributed by atoms with Crippen LogP contribution >= 0.6 is 11.6 Å². The minimum atomic E-state index is -3.63. The molecule has 7 heteroatoms. The number of aryl methyl sites for hydroxylation is 1. The third-order valence-electron chi connectivity index (χ3n) is 2.76. The first-order valence-corrected chi connectivity index (χ1v) is 7.99. The van der Waals surface area contributed by atoms with Gasteiger partial charge in [0.25, 0.3) is 0 Å². The first-order valence-electron chi connectivity index (χ1n) is 6.17. The molecule has 20 heavy (non-hydrogen) atoms. The molecule has 1 aromatic carbocycles. The van der Waals surface area contributed by atoms with Crippen molar-refractivity contribution in [3.05, 3.63) is 28.8 Å². The summed E-state index contributed by atoms with van der Waals surface area (Å²) in [6.45, 7) is 3.74. The topological polar surface area (TPSA) is 63.7 Å². The molecule has 0 aliphatic rings. The van der Waals surface area contributed by atoms with Gasteiger partial charge in [0.2, 0.25) is 10.0 Å². The second-order valence-electron chi connectivity index (χ2n) is 4.29. The van der Waals surface area contributed by atoms with Crippen LogP contribution in [0.4, 0.5) is 0 Å². The van der Waals surface area contributed by atoms with Gasteiger partial charge in [-0.2, -0.15) is 0 Å². The molecule has 0 amide bonds. The largest absolute Gasteiger partial charge is 0.466 e. The maximum Gasteiger partial charge on any atom is 0.307 e. The van der Waals surface area contributed by atoms with Crippen LogP contribution in [-0.2, 0) is 19.6 Å². The Bertz CT molecular complexity index is 586. The number of halogens is 1. The summed E-state index contributed by atoms with van der Waals surface area (Å²) < 4.78 is 30.6. The molecule has 1 aromatic rings. The molecule has 0 saturated carbocycles. The zero-order valence-electron chi connectivity index (χ0n) is 11.7. The Labute approximate surface area is 124 Å². The number of hydrogen-bond donors (Lipinski definition) is 0. The van der Waals surface area contributed by atoms with Crippen LogP contribution in [0.5, 0.6) is 0 Å². The molecule has 0 spiro atoms. The summed E-state index contributed by atoms with van der Waals surface area (Å²) in [6.07, 6.45) is 0.0240. The Morgan fingerprint density at radius 2 is 2.05 bits per heavy atom. The molecule has 0 aliphatic carbocycles. The standard InChI is InChI=1S/C13H18ClNO4S/c1-4-19-13(16)7-8-15(3)20(17,18)12-6-5-11(14)9-10(12)2/h5-6,9H,4,7-8H2,1-3H3. The first kappa shape index (κ1) is 16.9. The molecule has 0 radical (unpaired) electrons. The van der Waals surface area contributed by atoms with E-state index in [1.165, 1.54) is 19.2 Å². The van der Waals surface area contributed by atoms with Crippen molar-refractivity contribution in [3.8, 4) is 0 Å². The SMILES string of the molecule is CCOC(=O)CCN(C)S(=O)(=O)c1ccc(Cl)cc1C. The lowest BCUT2D eigenvalue weighted by Gasteiger charge is -2.18. The average Bonchev–Trinajstić information content (AvgIpc) is 2.35. The van der Waals surface area contributed by atoms with E-state index in [1.807, 2.05) is 0 Å². The lowest BCUT2D eigenvalue weighted by atomic mass is 10.2. The molecule has 1 rings (SSSR count). The minimum Gasteiger partial charge on any atom is -0.466 e. The smallest absolute Gasteiger partial charge is 0.307 e. The van der Waals surface area contributed by atoms with E-state index in [0.29, 0.717) is 10.6 Å². The minimum absolute atomic E-state index is 0.0240. The fourth-order valence-electron chi connectivity index (χ4n) is 1.67. The van der Waals surface area contributed by atoms with E-state index >= 15 is 0 Å². The predicted molar refractivity (Wildman–Crippen MR) is 77.3 cm³/mol. The van der Waals surface area contributed by atoms with Gasteiger partial charge >= 0.3 is 5.97 Å². The van der Waals surface area contributed by atoms with Crippen LogP contribution in [0.2, 0.25) is 5.02 Å². The molecule has 0 fully saturated rings. The molecule has 0 unspecified atom stereocenters. The van der Waals surface area contributed by atoms with Crippen LogP contribution in [0.25, 0.3) is 0 Å². The fraction of sp³-hybridized carbons (Fsp3) is 0.462. The Kier molecular flexibility index (Phi) is 5.98. The second kappa shape index (κ2) is 7.06. The number of esters is 1. The van der Waals surface area contributed by atoms with Crippen LogP contribution in [0.15, 0.2) is 23.1 Å². The van der Waals surface area contributed by atoms with Crippen molar-refractivity contribution >= 4 is 27.6 Å². The van der Waals surface area contributed by atoms with Crippen molar-refractivity contribution in [1.82, 2.24) is 4.31 Å². The number of carbonyl (C=O) groups excluding carboxylic acids is 1. The van der Waals surface area contributed by atoms with E-state index in [-0.39, 0.29) is 24.5 Å². The highest BCUT2D eigenvalue weighted by Gasteiger charge is 2.23. The average molecular weight is 320 g/mol. The molecular formula is C13H18ClNO4S. The number of ether oxygens (including phenoxy) is 1. The zero-order chi connectivity index (χ0) is 15.3. The van der Waals surface area contributed by atoms with E-state index in [4.69, 9.17) is 16.3 Å². The second-order valence-corrected chi connectivity index (χ2v) is 6.74. The summed E-state index contributed by atoms with van der Waals surface area (Å²) in [5, 5.41) is 0.482. The number of hydrogen-bond acceptors (Lipinski definition) is 4. The van der Waals surface area contributed by atoms with Crippen molar-refractivity contribution in [2.24, 2.45) is 0 Å². The maximum absolute atomic E-state index is 12.4. The van der Waals surface area contributed by atoms with Crippen LogP contribution in [0, 0.1) is 6.92 Å². The van der Waals surface area contributed by atoms with E-state index < -0.39 is 16.0 Å². The van der Waals surface area contributed by atoms with Crippen molar-refractivity contribution in [3.63, 3.8) is 0 Å². The van der Waals surface area contributed by atoms with Crippen molar-refractivity contribution < 1.29 is 17.9 Å². The number of nitrogens with zero attached hydrogens (tertiary/aromatic N) is 1. The van der Waals surface area contributed by atoms with Gasteiger partial charge in [0.05, 0.1) is 17.9 Å². The molecule has 5 nitrogen and oxygen atoms in total. The van der Waals surface area contributed by atoms with E-state index in [0.717, 1.165) is 4.31 Å². The van der Waals surface area contributed by atoms with Crippen molar-refractivity contribution in [2.75, 3.05) is 20.2 Å². The number of rotatable bonds is 6. The Hall–Kier alpha value is -1.11. The summed E-state index contributed by atoms with van der Waals surface area (Å²) >= 11 is 5.81. The molecular weight excluding hydrogens is 302 g/mol. The monoisotopic (exact) mass is 319 g/mol. The van der Waals surface area contributed by atoms with Gasteiger partial charge < -0.3 is 4.74 Å². The van der Waals surface area contributed by atoms with Gasteiger partial charge in [-0.05, 0) is 37.6 Å². The lowest BCUT2D eigenvalue weighted by Crippen LogP contribution is -2.30. The van der Waals surface area contributed by atoms with Gasteiger partial charge in [-0.3, -0.25) is 4.79 Å². The molecule has 0 aliphatic heterocycles. The maximum atomic E-state index is 12.4. The number of carbonyl (C=O) groups is 1. The molecule has 0 atom stereocenters. The lowest BCUT2D eigenvalue weighted by molar-refractivity contribution is -0.143. The molecule has 112 valence electrons. The van der Waals surface area contributed by atoms with Crippen LogP contribution in [0.1, 0.15) is 18.9 Å². The molecule has 0 bridgehead atoms. The summed E-state index contributed by atoms with van der Waals surface area (Å²) in [5.41, 5.74) is 0.570. The van der Waals surface area contributed by atoms with Gasteiger partial charge in [-0.1, -0.05) is 11.6 Å². The normalized spacial score (nSPS) is 11.7. The van der Waals surface area contributed by atoms with Gasteiger partial charge in [0, 0.05) is 18.6 Å². The van der Waals surface area contributed by atoms with Crippen LogP contribution < -0.4 is 0 Å². The summed E-state index contributed by atoms with van der Waals surface area (Å²) in [6, 6.07) is 4.59. The third-order valence-corrected chi connectivity index (χ3v) is 5.01. The van der Waals surface area contributed by atoms with E-state index in [9.17, 15) is 13.2 Å². The van der Waals surface area contributed by atoms with Gasteiger partial charge in [-0.25, -0.2) is 12.7 Å². The van der Waals surface area contributed by atoms with Crippen LogP contribution in [-0.4, -0.2) is 38.9 Å². The zero-order valence-corrected chi connectivity index (χ0v) is 13.3. The van der Waals surface area contributed by atoms with Crippen molar-refractivity contribution in [1.29, 1.82) is 0 Å². The Balaban J connectivity index is 2.85. The molecule has 0 saturated heterocycles. The fourth-order valence-corrected chi connectivity index (χ4v) is 3.27. The highest BCUT2D eigenvalue weighted by Crippen LogP contribution is 2.22. The highest BCUT2D eigenvalue weighted by molar-refractivity contribution is 7.89. The third kappa shape index (κ3) is 4.19. The van der Waals surface area contributed by atoms with Crippen molar-refractivity contribution in [2.45, 2.75) is 25.2 Å².